The topological polar surface area (TPSA) is 107 Å². The lowest BCUT2D eigenvalue weighted by molar-refractivity contribution is -0.155. The first kappa shape index (κ1) is 17.8. The Hall–Kier alpha value is -3.00. The molecule has 26 heavy (non-hydrogen) atoms. The van der Waals surface area contributed by atoms with Crippen molar-refractivity contribution in [2.75, 3.05) is 6.79 Å². The molecule has 0 aliphatic heterocycles. The van der Waals surface area contributed by atoms with Crippen molar-refractivity contribution in [2.24, 2.45) is 5.92 Å². The number of carbonyl (C=O) groups excluding carboxylic acids is 2. The SMILES string of the molecule is CC(C)C(=O)OCOC(=O)c1[nH]nnc1-c1ccc2cc(Cl)ccc2n1. The van der Waals surface area contributed by atoms with Crippen LogP contribution in [-0.2, 0) is 14.3 Å². The molecule has 0 amide bonds. The van der Waals surface area contributed by atoms with Crippen molar-refractivity contribution in [3.05, 3.63) is 41.0 Å². The van der Waals surface area contributed by atoms with Crippen LogP contribution in [0.1, 0.15) is 24.3 Å². The van der Waals surface area contributed by atoms with Crippen LogP contribution in [0.25, 0.3) is 22.3 Å². The van der Waals surface area contributed by atoms with Gasteiger partial charge < -0.3 is 9.47 Å². The number of ether oxygens (including phenoxy) is 2. The summed E-state index contributed by atoms with van der Waals surface area (Å²) < 4.78 is 9.76. The van der Waals surface area contributed by atoms with E-state index in [0.717, 1.165) is 5.39 Å². The van der Waals surface area contributed by atoms with Gasteiger partial charge in [-0.05, 0) is 24.3 Å². The van der Waals surface area contributed by atoms with E-state index >= 15 is 0 Å². The zero-order chi connectivity index (χ0) is 18.7. The first-order chi connectivity index (χ1) is 12.5. The molecular weight excluding hydrogens is 360 g/mol. The Bertz CT molecular complexity index is 970. The first-order valence-electron chi connectivity index (χ1n) is 7.77. The number of hydrogen-bond acceptors (Lipinski definition) is 7. The fourth-order valence-corrected chi connectivity index (χ4v) is 2.34. The predicted molar refractivity (Wildman–Crippen MR) is 93.3 cm³/mol. The monoisotopic (exact) mass is 374 g/mol. The number of halogens is 1. The molecule has 0 saturated carbocycles. The average Bonchev–Trinajstić information content (AvgIpc) is 3.10. The molecule has 0 unspecified atom stereocenters. The second-order valence-corrected chi connectivity index (χ2v) is 6.17. The summed E-state index contributed by atoms with van der Waals surface area (Å²) in [6.45, 7) is 2.87. The standard InChI is InChI=1S/C17H15ClN4O4/c1-9(2)16(23)25-8-26-17(24)15-14(20-22-21-15)13-5-3-10-7-11(18)4-6-12(10)19-13/h3-7,9H,8H2,1-2H3,(H,20,21,22). The van der Waals surface area contributed by atoms with Gasteiger partial charge in [-0.15, -0.1) is 5.10 Å². The highest BCUT2D eigenvalue weighted by molar-refractivity contribution is 6.31. The van der Waals surface area contributed by atoms with E-state index in [4.69, 9.17) is 21.1 Å². The van der Waals surface area contributed by atoms with Gasteiger partial charge in [-0.3, -0.25) is 9.89 Å². The lowest BCUT2D eigenvalue weighted by Crippen LogP contribution is -2.17. The number of benzene rings is 1. The van der Waals surface area contributed by atoms with Gasteiger partial charge in [-0.25, -0.2) is 9.78 Å². The van der Waals surface area contributed by atoms with Crippen molar-refractivity contribution >= 4 is 34.4 Å². The van der Waals surface area contributed by atoms with Gasteiger partial charge in [-0.2, -0.15) is 0 Å². The fraction of sp³-hybridized carbons (Fsp3) is 0.235. The Labute approximate surface area is 153 Å². The third-order valence-corrected chi connectivity index (χ3v) is 3.74. The van der Waals surface area contributed by atoms with Crippen LogP contribution >= 0.6 is 11.6 Å². The largest absolute Gasteiger partial charge is 0.428 e. The maximum atomic E-state index is 12.2. The molecule has 2 aromatic heterocycles. The van der Waals surface area contributed by atoms with Crippen LogP contribution in [0.3, 0.4) is 0 Å². The molecule has 0 atom stereocenters. The van der Waals surface area contributed by atoms with Crippen molar-refractivity contribution in [1.82, 2.24) is 20.4 Å². The van der Waals surface area contributed by atoms with Crippen LogP contribution < -0.4 is 0 Å². The molecular formula is C17H15ClN4O4. The molecule has 0 bridgehead atoms. The van der Waals surface area contributed by atoms with Crippen LogP contribution in [0.4, 0.5) is 0 Å². The Morgan fingerprint density at radius 1 is 1.19 bits per heavy atom. The lowest BCUT2D eigenvalue weighted by atomic mass is 10.1. The summed E-state index contributed by atoms with van der Waals surface area (Å²) in [5.41, 5.74) is 1.40. The summed E-state index contributed by atoms with van der Waals surface area (Å²) in [6, 6.07) is 8.80. The van der Waals surface area contributed by atoms with Gasteiger partial charge >= 0.3 is 11.9 Å². The van der Waals surface area contributed by atoms with E-state index in [0.29, 0.717) is 16.2 Å². The molecule has 1 N–H and O–H groups in total. The summed E-state index contributed by atoms with van der Waals surface area (Å²) in [5.74, 6) is -1.52. The van der Waals surface area contributed by atoms with Gasteiger partial charge in [-0.1, -0.05) is 36.7 Å². The van der Waals surface area contributed by atoms with Crippen molar-refractivity contribution in [2.45, 2.75) is 13.8 Å². The Morgan fingerprint density at radius 3 is 2.77 bits per heavy atom. The second kappa shape index (κ2) is 7.49. The average molecular weight is 375 g/mol. The van der Waals surface area contributed by atoms with E-state index in [2.05, 4.69) is 20.4 Å². The summed E-state index contributed by atoms with van der Waals surface area (Å²) in [7, 11) is 0. The molecule has 0 radical (unpaired) electrons. The van der Waals surface area contributed by atoms with E-state index in [1.165, 1.54) is 0 Å². The van der Waals surface area contributed by atoms with Gasteiger partial charge in [0.05, 0.1) is 17.1 Å². The van der Waals surface area contributed by atoms with Crippen molar-refractivity contribution < 1.29 is 19.1 Å². The lowest BCUT2D eigenvalue weighted by Gasteiger charge is -2.07. The molecule has 3 rings (SSSR count). The highest BCUT2D eigenvalue weighted by atomic mass is 35.5. The van der Waals surface area contributed by atoms with Gasteiger partial charge in [0.2, 0.25) is 6.79 Å². The molecule has 0 aliphatic rings. The van der Waals surface area contributed by atoms with Crippen LogP contribution in [0.2, 0.25) is 5.02 Å². The molecule has 9 heteroatoms. The zero-order valence-corrected chi connectivity index (χ0v) is 14.8. The summed E-state index contributed by atoms with van der Waals surface area (Å²) >= 11 is 5.96. The van der Waals surface area contributed by atoms with Crippen LogP contribution in [-0.4, -0.2) is 39.1 Å². The molecule has 0 spiro atoms. The number of H-pyrrole nitrogens is 1. The number of esters is 2. The number of nitrogens with zero attached hydrogens (tertiary/aromatic N) is 3. The van der Waals surface area contributed by atoms with Gasteiger partial charge in [0.25, 0.3) is 0 Å². The molecule has 1 aromatic carbocycles. The molecule has 2 heterocycles. The number of aromatic nitrogens is 4. The Balaban J connectivity index is 1.79. The summed E-state index contributed by atoms with van der Waals surface area (Å²) in [4.78, 5) is 28.0. The quantitative estimate of drug-likeness (QED) is 0.540. The minimum absolute atomic E-state index is 0.0198. The number of pyridine rings is 1. The number of nitrogens with one attached hydrogen (secondary N) is 1. The summed E-state index contributed by atoms with van der Waals surface area (Å²) in [6.07, 6.45) is 0. The van der Waals surface area contributed by atoms with E-state index in [1.54, 1.807) is 38.1 Å². The van der Waals surface area contributed by atoms with Gasteiger partial charge in [0.15, 0.2) is 5.69 Å². The van der Waals surface area contributed by atoms with E-state index < -0.39 is 18.7 Å². The maximum Gasteiger partial charge on any atom is 0.361 e. The van der Waals surface area contributed by atoms with Gasteiger partial charge in [0, 0.05) is 10.4 Å². The normalized spacial score (nSPS) is 10.9. The highest BCUT2D eigenvalue weighted by Gasteiger charge is 2.20. The highest BCUT2D eigenvalue weighted by Crippen LogP contribution is 2.23. The number of hydrogen-bond donors (Lipinski definition) is 1. The van der Waals surface area contributed by atoms with Crippen molar-refractivity contribution in [1.29, 1.82) is 0 Å². The van der Waals surface area contributed by atoms with Gasteiger partial charge in [0.1, 0.15) is 5.69 Å². The molecule has 0 saturated heterocycles. The van der Waals surface area contributed by atoms with Crippen molar-refractivity contribution in [3.8, 4) is 11.4 Å². The molecule has 0 aliphatic carbocycles. The fourth-order valence-electron chi connectivity index (χ4n) is 2.16. The minimum atomic E-state index is -0.750. The van der Waals surface area contributed by atoms with Crippen molar-refractivity contribution in [3.63, 3.8) is 0 Å². The van der Waals surface area contributed by atoms with E-state index in [9.17, 15) is 9.59 Å². The minimum Gasteiger partial charge on any atom is -0.428 e. The Morgan fingerprint density at radius 2 is 2.00 bits per heavy atom. The Kier molecular flexibility index (Phi) is 5.13. The predicted octanol–water partition coefficient (Wildman–Crippen LogP) is 2.99. The number of rotatable bonds is 5. The number of fused-ring (bicyclic) bond motifs is 1. The third kappa shape index (κ3) is 3.80. The molecule has 0 fully saturated rings. The third-order valence-electron chi connectivity index (χ3n) is 3.51. The van der Waals surface area contributed by atoms with E-state index in [1.807, 2.05) is 6.07 Å². The molecule has 134 valence electrons. The van der Waals surface area contributed by atoms with Crippen LogP contribution in [0, 0.1) is 5.92 Å². The smallest absolute Gasteiger partial charge is 0.361 e. The maximum absolute atomic E-state index is 12.2. The summed E-state index contributed by atoms with van der Waals surface area (Å²) in [5, 5.41) is 11.5. The van der Waals surface area contributed by atoms with Crippen LogP contribution in [0.5, 0.6) is 0 Å². The number of carbonyl (C=O) groups is 2. The first-order valence-corrected chi connectivity index (χ1v) is 8.15. The molecule has 8 nitrogen and oxygen atoms in total. The molecule has 3 aromatic rings. The number of aromatic amines is 1. The zero-order valence-electron chi connectivity index (χ0n) is 14.0. The second-order valence-electron chi connectivity index (χ2n) is 5.74. The van der Waals surface area contributed by atoms with E-state index in [-0.39, 0.29) is 17.3 Å². The van der Waals surface area contributed by atoms with Crippen LogP contribution in [0.15, 0.2) is 30.3 Å².